The second-order valence-electron chi connectivity index (χ2n) is 5.41. The summed E-state index contributed by atoms with van der Waals surface area (Å²) >= 11 is 1.66. The lowest BCUT2D eigenvalue weighted by molar-refractivity contribution is -0.117. The summed E-state index contributed by atoms with van der Waals surface area (Å²) in [5, 5.41) is 7.45. The normalized spacial score (nSPS) is 17.6. The highest BCUT2D eigenvalue weighted by molar-refractivity contribution is 7.98. The number of ether oxygens (including phenoxy) is 1. The van der Waals surface area contributed by atoms with Crippen molar-refractivity contribution in [2.45, 2.75) is 17.4 Å². The maximum atomic E-state index is 12.6. The maximum absolute atomic E-state index is 12.6. The van der Waals surface area contributed by atoms with Crippen LogP contribution in [0.5, 0.6) is 5.75 Å². The predicted molar refractivity (Wildman–Crippen MR) is 92.4 cm³/mol. The average Bonchev–Trinajstić information content (AvgIpc) is 3.14. The van der Waals surface area contributed by atoms with Gasteiger partial charge in [0.2, 0.25) is 5.91 Å². The number of aryl methyl sites for hydroxylation is 1. The van der Waals surface area contributed by atoms with Gasteiger partial charge >= 0.3 is 0 Å². The van der Waals surface area contributed by atoms with Gasteiger partial charge in [-0.3, -0.25) is 9.48 Å². The Hall–Kier alpha value is -2.15. The molecule has 1 atom stereocenters. The first-order chi connectivity index (χ1) is 11.1. The Bertz CT molecular complexity index is 716. The molecule has 1 saturated heterocycles. The number of aromatic nitrogens is 2. The molecule has 1 fully saturated rings. The molecular formula is C16H20N4O2S. The van der Waals surface area contributed by atoms with E-state index in [0.29, 0.717) is 6.54 Å². The number of rotatable bonds is 5. The van der Waals surface area contributed by atoms with Crippen LogP contribution in [0.2, 0.25) is 0 Å². The van der Waals surface area contributed by atoms with Crippen molar-refractivity contribution >= 4 is 29.0 Å². The predicted octanol–water partition coefficient (Wildman–Crippen LogP) is 2.37. The third-order valence-electron chi connectivity index (χ3n) is 3.95. The van der Waals surface area contributed by atoms with E-state index in [9.17, 15) is 4.79 Å². The Kier molecular flexibility index (Phi) is 4.47. The van der Waals surface area contributed by atoms with Crippen molar-refractivity contribution in [3.05, 3.63) is 30.6 Å². The summed E-state index contributed by atoms with van der Waals surface area (Å²) in [6.07, 6.45) is 6.34. The lowest BCUT2D eigenvalue weighted by Crippen LogP contribution is -2.33. The molecular weight excluding hydrogens is 312 g/mol. The maximum Gasteiger partial charge on any atom is 0.249 e. The van der Waals surface area contributed by atoms with E-state index >= 15 is 0 Å². The van der Waals surface area contributed by atoms with E-state index in [0.717, 1.165) is 28.4 Å². The van der Waals surface area contributed by atoms with E-state index in [1.807, 2.05) is 37.7 Å². The molecule has 7 heteroatoms. The minimum Gasteiger partial charge on any atom is -0.495 e. The Morgan fingerprint density at radius 2 is 2.26 bits per heavy atom. The molecule has 1 aromatic carbocycles. The van der Waals surface area contributed by atoms with Gasteiger partial charge in [0, 0.05) is 24.7 Å². The van der Waals surface area contributed by atoms with E-state index in [4.69, 9.17) is 4.74 Å². The molecule has 6 nitrogen and oxygen atoms in total. The highest BCUT2D eigenvalue weighted by Crippen LogP contribution is 2.31. The van der Waals surface area contributed by atoms with Crippen LogP contribution in [0.15, 0.2) is 35.5 Å². The molecule has 23 heavy (non-hydrogen) atoms. The minimum absolute atomic E-state index is 0.0639. The first-order valence-electron chi connectivity index (χ1n) is 7.41. The minimum atomic E-state index is -0.246. The highest BCUT2D eigenvalue weighted by Gasteiger charge is 2.33. The van der Waals surface area contributed by atoms with Crippen molar-refractivity contribution in [2.24, 2.45) is 7.05 Å². The second-order valence-corrected chi connectivity index (χ2v) is 6.29. The van der Waals surface area contributed by atoms with E-state index < -0.39 is 0 Å². The molecule has 0 spiro atoms. The van der Waals surface area contributed by atoms with Crippen LogP contribution in [0.3, 0.4) is 0 Å². The molecule has 2 heterocycles. The molecule has 122 valence electrons. The van der Waals surface area contributed by atoms with E-state index in [2.05, 4.69) is 10.4 Å². The first kappa shape index (κ1) is 15.7. The molecule has 1 aliphatic rings. The monoisotopic (exact) mass is 332 g/mol. The molecule has 1 amide bonds. The second kappa shape index (κ2) is 6.54. The lowest BCUT2D eigenvalue weighted by Gasteiger charge is -2.17. The average molecular weight is 332 g/mol. The number of hydrogen-bond acceptors (Lipinski definition) is 5. The first-order valence-corrected chi connectivity index (χ1v) is 8.63. The SMILES string of the molecule is COc1cc(SC)ccc1N[C@@H]1CCN(c2cnn(C)c2)C1=O. The van der Waals surface area contributed by atoms with Crippen LogP contribution >= 0.6 is 11.8 Å². The number of benzene rings is 1. The molecule has 2 aromatic rings. The van der Waals surface area contributed by atoms with Gasteiger partial charge in [0.1, 0.15) is 11.8 Å². The van der Waals surface area contributed by atoms with Gasteiger partial charge in [-0.2, -0.15) is 5.10 Å². The summed E-state index contributed by atoms with van der Waals surface area (Å²) < 4.78 is 7.14. The summed E-state index contributed by atoms with van der Waals surface area (Å²) in [4.78, 5) is 15.5. The summed E-state index contributed by atoms with van der Waals surface area (Å²) in [7, 11) is 3.49. The van der Waals surface area contributed by atoms with E-state index in [1.165, 1.54) is 0 Å². The van der Waals surface area contributed by atoms with Gasteiger partial charge in [0.05, 0.1) is 24.7 Å². The van der Waals surface area contributed by atoms with Crippen molar-refractivity contribution in [1.29, 1.82) is 0 Å². The quantitative estimate of drug-likeness (QED) is 0.852. The summed E-state index contributed by atoms with van der Waals surface area (Å²) in [5.74, 6) is 0.818. The van der Waals surface area contributed by atoms with Crippen LogP contribution < -0.4 is 15.0 Å². The van der Waals surface area contributed by atoms with Crippen LogP contribution in [0, 0.1) is 0 Å². The number of hydrogen-bond donors (Lipinski definition) is 1. The summed E-state index contributed by atoms with van der Waals surface area (Å²) in [6.45, 7) is 0.688. The fourth-order valence-corrected chi connectivity index (χ4v) is 3.15. The lowest BCUT2D eigenvalue weighted by atomic mass is 10.2. The number of methoxy groups -OCH3 is 1. The van der Waals surface area contributed by atoms with Crippen LogP contribution in [-0.4, -0.2) is 41.6 Å². The Morgan fingerprint density at radius 1 is 1.43 bits per heavy atom. The van der Waals surface area contributed by atoms with Gasteiger partial charge in [-0.1, -0.05) is 0 Å². The largest absolute Gasteiger partial charge is 0.495 e. The number of carbonyl (C=O) groups excluding carboxylic acids is 1. The zero-order valence-electron chi connectivity index (χ0n) is 13.4. The topological polar surface area (TPSA) is 59.4 Å². The van der Waals surface area contributed by atoms with E-state index in [1.54, 1.807) is 34.7 Å². The summed E-state index contributed by atoms with van der Waals surface area (Å²) in [5.41, 5.74) is 1.68. The van der Waals surface area contributed by atoms with Crippen molar-refractivity contribution in [1.82, 2.24) is 9.78 Å². The fraction of sp³-hybridized carbons (Fsp3) is 0.375. The van der Waals surface area contributed by atoms with Gasteiger partial charge in [-0.15, -0.1) is 11.8 Å². The van der Waals surface area contributed by atoms with Crippen LogP contribution in [-0.2, 0) is 11.8 Å². The van der Waals surface area contributed by atoms with Gasteiger partial charge in [-0.25, -0.2) is 0 Å². The number of carbonyl (C=O) groups is 1. The van der Waals surface area contributed by atoms with Crippen LogP contribution in [0.4, 0.5) is 11.4 Å². The molecule has 0 aliphatic carbocycles. The molecule has 1 N–H and O–H groups in total. The fourth-order valence-electron chi connectivity index (χ4n) is 2.72. The Morgan fingerprint density at radius 3 is 2.91 bits per heavy atom. The molecule has 3 rings (SSSR count). The molecule has 0 unspecified atom stereocenters. The Labute approximate surface area is 139 Å². The van der Waals surface area contributed by atoms with Gasteiger partial charge in [-0.05, 0) is 30.9 Å². The third kappa shape index (κ3) is 3.14. The molecule has 1 aromatic heterocycles. The van der Waals surface area contributed by atoms with Crippen molar-refractivity contribution in [3.63, 3.8) is 0 Å². The van der Waals surface area contributed by atoms with Crippen LogP contribution in [0.1, 0.15) is 6.42 Å². The number of nitrogens with zero attached hydrogens (tertiary/aromatic N) is 3. The van der Waals surface area contributed by atoms with Gasteiger partial charge < -0.3 is 15.0 Å². The zero-order chi connectivity index (χ0) is 16.4. The van der Waals surface area contributed by atoms with Crippen LogP contribution in [0.25, 0.3) is 0 Å². The molecule has 0 bridgehead atoms. The molecule has 1 aliphatic heterocycles. The Balaban J connectivity index is 1.75. The van der Waals surface area contributed by atoms with Crippen molar-refractivity contribution in [2.75, 3.05) is 30.1 Å². The van der Waals surface area contributed by atoms with E-state index in [-0.39, 0.29) is 11.9 Å². The number of anilines is 2. The standard InChI is InChI=1S/C16H20N4O2S/c1-19-10-11(9-17-19)20-7-6-14(16(20)21)18-13-5-4-12(23-3)8-15(13)22-2/h4-5,8-10,14,18H,6-7H2,1-3H3/t14-/m1/s1. The number of thioether (sulfide) groups is 1. The molecule has 0 saturated carbocycles. The van der Waals surface area contributed by atoms with Gasteiger partial charge in [0.25, 0.3) is 0 Å². The van der Waals surface area contributed by atoms with Crippen molar-refractivity contribution < 1.29 is 9.53 Å². The number of amides is 1. The van der Waals surface area contributed by atoms with Crippen molar-refractivity contribution in [3.8, 4) is 5.75 Å². The highest BCUT2D eigenvalue weighted by atomic mass is 32.2. The number of nitrogens with one attached hydrogen (secondary N) is 1. The zero-order valence-corrected chi connectivity index (χ0v) is 14.3. The van der Waals surface area contributed by atoms with Gasteiger partial charge in [0.15, 0.2) is 0 Å². The smallest absolute Gasteiger partial charge is 0.249 e. The summed E-state index contributed by atoms with van der Waals surface area (Å²) in [6, 6.07) is 5.72. The molecule has 0 radical (unpaired) electrons. The third-order valence-corrected chi connectivity index (χ3v) is 4.67.